The minimum absolute atomic E-state index is 0.0749. The second-order valence-corrected chi connectivity index (χ2v) is 7.37. The van der Waals surface area contributed by atoms with Crippen LogP contribution < -0.4 is 5.32 Å². The highest BCUT2D eigenvalue weighted by Gasteiger charge is 2.30. The first kappa shape index (κ1) is 16.5. The summed E-state index contributed by atoms with van der Waals surface area (Å²) >= 11 is 5.02. The molecule has 1 aromatic heterocycles. The molecule has 0 amide bonds. The maximum absolute atomic E-state index is 12.7. The van der Waals surface area contributed by atoms with E-state index >= 15 is 0 Å². The standard InChI is InChI=1S/C15H15BrF3NS/c1-9(20-10(2)13-6-7-14(16)21-13)11-4-3-5-12(8-11)15(17,18)19/h3-10,20H,1-2H3. The third kappa shape index (κ3) is 4.31. The van der Waals surface area contributed by atoms with Crippen LogP contribution in [-0.2, 0) is 6.18 Å². The molecular weight excluding hydrogens is 363 g/mol. The normalized spacial score (nSPS) is 15.0. The van der Waals surface area contributed by atoms with Crippen molar-refractivity contribution in [2.45, 2.75) is 32.1 Å². The van der Waals surface area contributed by atoms with Crippen molar-refractivity contribution in [2.24, 2.45) is 0 Å². The van der Waals surface area contributed by atoms with Crippen molar-refractivity contribution in [1.29, 1.82) is 0 Å². The molecule has 2 unspecified atom stereocenters. The smallest absolute Gasteiger partial charge is 0.303 e. The Balaban J connectivity index is 2.11. The summed E-state index contributed by atoms with van der Waals surface area (Å²) in [6.07, 6.45) is -4.31. The van der Waals surface area contributed by atoms with Crippen LogP contribution in [0.5, 0.6) is 0 Å². The van der Waals surface area contributed by atoms with Gasteiger partial charge in [-0.15, -0.1) is 11.3 Å². The zero-order valence-corrected chi connectivity index (χ0v) is 13.9. The molecule has 1 aromatic carbocycles. The molecule has 0 saturated carbocycles. The summed E-state index contributed by atoms with van der Waals surface area (Å²) in [7, 11) is 0. The summed E-state index contributed by atoms with van der Waals surface area (Å²) < 4.78 is 39.3. The van der Waals surface area contributed by atoms with E-state index in [2.05, 4.69) is 21.2 Å². The second-order valence-electron chi connectivity index (χ2n) is 4.88. The molecule has 6 heteroatoms. The fourth-order valence-electron chi connectivity index (χ4n) is 2.10. The molecule has 1 N–H and O–H groups in total. The van der Waals surface area contributed by atoms with Crippen molar-refractivity contribution in [3.8, 4) is 0 Å². The molecule has 0 aliphatic heterocycles. The van der Waals surface area contributed by atoms with Crippen molar-refractivity contribution in [2.75, 3.05) is 0 Å². The first-order valence-electron chi connectivity index (χ1n) is 6.46. The van der Waals surface area contributed by atoms with Gasteiger partial charge in [-0.3, -0.25) is 0 Å². The summed E-state index contributed by atoms with van der Waals surface area (Å²) in [5, 5.41) is 3.33. The predicted octanol–water partition coefficient (Wildman–Crippen LogP) is 5.94. The highest BCUT2D eigenvalue weighted by molar-refractivity contribution is 9.11. The summed E-state index contributed by atoms with van der Waals surface area (Å²) in [5.41, 5.74) is 0.0208. The van der Waals surface area contributed by atoms with E-state index in [1.807, 2.05) is 26.0 Å². The maximum Gasteiger partial charge on any atom is 0.416 e. The average molecular weight is 378 g/mol. The van der Waals surface area contributed by atoms with E-state index < -0.39 is 11.7 Å². The molecule has 114 valence electrons. The van der Waals surface area contributed by atoms with Crippen LogP contribution in [0.2, 0.25) is 0 Å². The van der Waals surface area contributed by atoms with E-state index in [9.17, 15) is 13.2 Å². The van der Waals surface area contributed by atoms with E-state index in [1.54, 1.807) is 17.4 Å². The van der Waals surface area contributed by atoms with Crippen LogP contribution in [0.1, 0.15) is 41.9 Å². The van der Waals surface area contributed by atoms with Crippen LogP contribution in [0.4, 0.5) is 13.2 Å². The quantitative estimate of drug-likeness (QED) is 0.694. The molecule has 0 radical (unpaired) electrons. The van der Waals surface area contributed by atoms with Gasteiger partial charge in [0.2, 0.25) is 0 Å². The molecule has 0 spiro atoms. The third-order valence-electron chi connectivity index (χ3n) is 3.23. The van der Waals surface area contributed by atoms with Gasteiger partial charge in [0.05, 0.1) is 9.35 Å². The average Bonchev–Trinajstić information content (AvgIpc) is 2.84. The highest BCUT2D eigenvalue weighted by Crippen LogP contribution is 2.32. The number of alkyl halides is 3. The summed E-state index contributed by atoms with van der Waals surface area (Å²) in [5.74, 6) is 0. The molecular formula is C15H15BrF3NS. The Hall–Kier alpha value is -0.850. The monoisotopic (exact) mass is 377 g/mol. The second kappa shape index (κ2) is 6.50. The molecule has 21 heavy (non-hydrogen) atoms. The van der Waals surface area contributed by atoms with Crippen molar-refractivity contribution in [1.82, 2.24) is 5.32 Å². The SMILES string of the molecule is CC(NC(C)c1ccc(Br)s1)c1cccc(C(F)(F)F)c1. The van der Waals surface area contributed by atoms with E-state index in [4.69, 9.17) is 0 Å². The molecule has 0 saturated heterocycles. The zero-order valence-electron chi connectivity index (χ0n) is 11.5. The van der Waals surface area contributed by atoms with Gasteiger partial charge in [0.25, 0.3) is 0 Å². The largest absolute Gasteiger partial charge is 0.416 e. The van der Waals surface area contributed by atoms with Gasteiger partial charge in [-0.05, 0) is 59.6 Å². The fraction of sp³-hybridized carbons (Fsp3) is 0.333. The van der Waals surface area contributed by atoms with Gasteiger partial charge < -0.3 is 5.32 Å². The molecule has 0 aliphatic rings. The first-order chi connectivity index (χ1) is 9.77. The lowest BCUT2D eigenvalue weighted by Crippen LogP contribution is -2.22. The van der Waals surface area contributed by atoms with E-state index in [0.717, 1.165) is 14.7 Å². The number of halogens is 4. The Kier molecular flexibility index (Phi) is 5.11. The zero-order chi connectivity index (χ0) is 15.6. The lowest BCUT2D eigenvalue weighted by molar-refractivity contribution is -0.137. The number of hydrogen-bond donors (Lipinski definition) is 1. The van der Waals surface area contributed by atoms with Crippen molar-refractivity contribution >= 4 is 27.3 Å². The Morgan fingerprint density at radius 3 is 2.38 bits per heavy atom. The number of hydrogen-bond acceptors (Lipinski definition) is 2. The molecule has 1 nitrogen and oxygen atoms in total. The Bertz CT molecular complexity index is 609. The van der Waals surface area contributed by atoms with Gasteiger partial charge in [-0.1, -0.05) is 12.1 Å². The molecule has 0 fully saturated rings. The topological polar surface area (TPSA) is 12.0 Å². The van der Waals surface area contributed by atoms with Gasteiger partial charge in [-0.25, -0.2) is 0 Å². The van der Waals surface area contributed by atoms with Crippen molar-refractivity contribution in [3.63, 3.8) is 0 Å². The molecule has 0 aliphatic carbocycles. The third-order valence-corrected chi connectivity index (χ3v) is 5.04. The van der Waals surface area contributed by atoms with Crippen LogP contribution in [0, 0.1) is 0 Å². The number of rotatable bonds is 4. The Morgan fingerprint density at radius 2 is 1.81 bits per heavy atom. The van der Waals surface area contributed by atoms with Gasteiger partial charge in [-0.2, -0.15) is 13.2 Å². The van der Waals surface area contributed by atoms with Gasteiger partial charge in [0.1, 0.15) is 0 Å². The molecule has 2 atom stereocenters. The van der Waals surface area contributed by atoms with E-state index in [0.29, 0.717) is 5.56 Å². The van der Waals surface area contributed by atoms with E-state index in [1.165, 1.54) is 12.1 Å². The van der Waals surface area contributed by atoms with Gasteiger partial charge in [0.15, 0.2) is 0 Å². The van der Waals surface area contributed by atoms with Crippen molar-refractivity contribution < 1.29 is 13.2 Å². The highest BCUT2D eigenvalue weighted by atomic mass is 79.9. The minimum atomic E-state index is -4.31. The Morgan fingerprint density at radius 1 is 1.10 bits per heavy atom. The van der Waals surface area contributed by atoms with Crippen LogP contribution in [-0.4, -0.2) is 0 Å². The minimum Gasteiger partial charge on any atom is -0.303 e. The van der Waals surface area contributed by atoms with Crippen LogP contribution in [0.3, 0.4) is 0 Å². The van der Waals surface area contributed by atoms with Crippen LogP contribution in [0.25, 0.3) is 0 Å². The number of benzene rings is 1. The van der Waals surface area contributed by atoms with Crippen LogP contribution >= 0.6 is 27.3 Å². The predicted molar refractivity (Wildman–Crippen MR) is 83.4 cm³/mol. The summed E-state index contributed by atoms with van der Waals surface area (Å²) in [4.78, 5) is 1.14. The number of thiophene rings is 1. The molecule has 2 rings (SSSR count). The lowest BCUT2D eigenvalue weighted by atomic mass is 10.0. The lowest BCUT2D eigenvalue weighted by Gasteiger charge is -2.20. The molecule has 2 aromatic rings. The first-order valence-corrected chi connectivity index (χ1v) is 8.07. The maximum atomic E-state index is 12.7. The molecule has 1 heterocycles. The Labute approximate surface area is 134 Å². The van der Waals surface area contributed by atoms with Crippen molar-refractivity contribution in [3.05, 3.63) is 56.2 Å². The molecule has 0 bridgehead atoms. The summed E-state index contributed by atoms with van der Waals surface area (Å²) in [6.45, 7) is 3.87. The summed E-state index contributed by atoms with van der Waals surface area (Å²) in [6, 6.07) is 9.34. The van der Waals surface area contributed by atoms with E-state index in [-0.39, 0.29) is 12.1 Å². The van der Waals surface area contributed by atoms with Gasteiger partial charge in [0, 0.05) is 17.0 Å². The fourth-order valence-corrected chi connectivity index (χ4v) is 3.53. The van der Waals surface area contributed by atoms with Crippen LogP contribution in [0.15, 0.2) is 40.2 Å². The van der Waals surface area contributed by atoms with Gasteiger partial charge >= 0.3 is 6.18 Å². The number of nitrogens with one attached hydrogen (secondary N) is 1.